The van der Waals surface area contributed by atoms with Crippen molar-refractivity contribution in [1.29, 1.82) is 0 Å². The van der Waals surface area contributed by atoms with Gasteiger partial charge < -0.3 is 5.73 Å². The maximum absolute atomic E-state index is 13.0. The highest BCUT2D eigenvalue weighted by atomic mass is 19.2. The second-order valence-electron chi connectivity index (χ2n) is 3.32. The highest BCUT2D eigenvalue weighted by Gasteiger charge is 2.13. The maximum Gasteiger partial charge on any atom is 0.194 e. The summed E-state index contributed by atoms with van der Waals surface area (Å²) in [5.41, 5.74) is 6.55. The number of aromatic nitrogens is 2. The molecular formula is C10H8F3N3. The van der Waals surface area contributed by atoms with Crippen LogP contribution < -0.4 is 5.73 Å². The first-order chi connectivity index (χ1) is 7.50. The number of nitrogens with two attached hydrogens (primary N) is 1. The minimum atomic E-state index is -1.50. The van der Waals surface area contributed by atoms with E-state index in [2.05, 4.69) is 5.10 Å². The van der Waals surface area contributed by atoms with Crippen LogP contribution in [0.25, 0.3) is 5.69 Å². The summed E-state index contributed by atoms with van der Waals surface area (Å²) in [6, 6.07) is 1.72. The van der Waals surface area contributed by atoms with E-state index in [0.29, 0.717) is 11.4 Å². The lowest BCUT2D eigenvalue weighted by atomic mass is 10.2. The van der Waals surface area contributed by atoms with E-state index in [4.69, 9.17) is 5.73 Å². The van der Waals surface area contributed by atoms with E-state index >= 15 is 0 Å². The minimum absolute atomic E-state index is 0.0885. The normalized spacial score (nSPS) is 10.8. The van der Waals surface area contributed by atoms with E-state index in [0.717, 1.165) is 12.1 Å². The van der Waals surface area contributed by atoms with Crippen LogP contribution in [0.5, 0.6) is 0 Å². The second-order valence-corrected chi connectivity index (χ2v) is 3.32. The molecule has 0 unspecified atom stereocenters. The van der Waals surface area contributed by atoms with Crippen molar-refractivity contribution in [2.45, 2.75) is 6.92 Å². The molecule has 1 heterocycles. The average Bonchev–Trinajstić information content (AvgIpc) is 2.56. The van der Waals surface area contributed by atoms with Crippen molar-refractivity contribution >= 4 is 5.69 Å². The van der Waals surface area contributed by atoms with E-state index in [1.165, 1.54) is 10.9 Å². The predicted molar refractivity (Wildman–Crippen MR) is 52.6 cm³/mol. The minimum Gasteiger partial charge on any atom is -0.396 e. The van der Waals surface area contributed by atoms with Crippen molar-refractivity contribution in [3.05, 3.63) is 41.5 Å². The Hall–Kier alpha value is -1.98. The molecule has 1 aromatic carbocycles. The van der Waals surface area contributed by atoms with Gasteiger partial charge in [-0.05, 0) is 6.92 Å². The molecule has 0 radical (unpaired) electrons. The monoisotopic (exact) mass is 227 g/mol. The van der Waals surface area contributed by atoms with Crippen LogP contribution in [0.2, 0.25) is 0 Å². The molecule has 2 rings (SSSR count). The van der Waals surface area contributed by atoms with Gasteiger partial charge in [0.1, 0.15) is 0 Å². The van der Waals surface area contributed by atoms with Crippen LogP contribution in [-0.2, 0) is 0 Å². The lowest BCUT2D eigenvalue weighted by Gasteiger charge is -2.05. The third kappa shape index (κ3) is 1.52. The Morgan fingerprint density at radius 3 is 2.19 bits per heavy atom. The molecule has 0 aliphatic rings. The first-order valence-electron chi connectivity index (χ1n) is 4.45. The van der Waals surface area contributed by atoms with Gasteiger partial charge in [-0.15, -0.1) is 0 Å². The van der Waals surface area contributed by atoms with Gasteiger partial charge in [0.05, 0.1) is 23.3 Å². The molecule has 16 heavy (non-hydrogen) atoms. The van der Waals surface area contributed by atoms with E-state index in [-0.39, 0.29) is 5.69 Å². The van der Waals surface area contributed by atoms with E-state index in [1.807, 2.05) is 0 Å². The van der Waals surface area contributed by atoms with Gasteiger partial charge in [-0.25, -0.2) is 17.9 Å². The summed E-state index contributed by atoms with van der Waals surface area (Å²) in [6.45, 7) is 1.64. The van der Waals surface area contributed by atoms with Gasteiger partial charge in [-0.1, -0.05) is 0 Å². The Bertz CT molecular complexity index is 525. The quantitative estimate of drug-likeness (QED) is 0.759. The molecule has 6 heteroatoms. The second kappa shape index (κ2) is 3.55. The molecule has 0 saturated carbocycles. The van der Waals surface area contributed by atoms with Gasteiger partial charge in [0, 0.05) is 12.1 Å². The zero-order chi connectivity index (χ0) is 11.9. The standard InChI is InChI=1S/C10H8F3N3/c1-5-9(14)4-15-16(5)6-2-7(11)10(13)8(12)3-6/h2-4H,14H2,1H3. The lowest BCUT2D eigenvalue weighted by molar-refractivity contribution is 0.446. The fourth-order valence-electron chi connectivity index (χ4n) is 1.35. The largest absolute Gasteiger partial charge is 0.396 e. The number of anilines is 1. The molecule has 84 valence electrons. The van der Waals surface area contributed by atoms with Crippen LogP contribution in [0, 0.1) is 24.4 Å². The zero-order valence-corrected chi connectivity index (χ0v) is 8.34. The highest BCUT2D eigenvalue weighted by molar-refractivity contribution is 5.45. The topological polar surface area (TPSA) is 43.8 Å². The van der Waals surface area contributed by atoms with Crippen LogP contribution in [0.1, 0.15) is 5.69 Å². The number of hydrogen-bond donors (Lipinski definition) is 1. The molecule has 0 fully saturated rings. The maximum atomic E-state index is 13.0. The lowest BCUT2D eigenvalue weighted by Crippen LogP contribution is -2.03. The molecule has 0 amide bonds. The zero-order valence-electron chi connectivity index (χ0n) is 8.34. The summed E-state index contributed by atoms with van der Waals surface area (Å²) >= 11 is 0. The number of hydrogen-bond acceptors (Lipinski definition) is 2. The summed E-state index contributed by atoms with van der Waals surface area (Å²) in [4.78, 5) is 0. The fraction of sp³-hybridized carbons (Fsp3) is 0.100. The molecule has 3 nitrogen and oxygen atoms in total. The summed E-state index contributed by atoms with van der Waals surface area (Å²) in [7, 11) is 0. The average molecular weight is 227 g/mol. The van der Waals surface area contributed by atoms with Crippen LogP contribution >= 0.6 is 0 Å². The van der Waals surface area contributed by atoms with E-state index < -0.39 is 17.5 Å². The van der Waals surface area contributed by atoms with Crippen molar-refractivity contribution in [1.82, 2.24) is 9.78 Å². The molecule has 2 N–H and O–H groups in total. The molecule has 0 atom stereocenters. The van der Waals surface area contributed by atoms with Crippen LogP contribution in [0.3, 0.4) is 0 Å². The van der Waals surface area contributed by atoms with Crippen molar-refractivity contribution < 1.29 is 13.2 Å². The van der Waals surface area contributed by atoms with Gasteiger partial charge in [-0.2, -0.15) is 5.10 Å². The Balaban J connectivity index is 2.61. The molecule has 0 aliphatic carbocycles. The van der Waals surface area contributed by atoms with Crippen molar-refractivity contribution in [3.63, 3.8) is 0 Å². The van der Waals surface area contributed by atoms with Crippen molar-refractivity contribution in [2.75, 3.05) is 5.73 Å². The van der Waals surface area contributed by atoms with Gasteiger partial charge in [0.15, 0.2) is 17.5 Å². The SMILES string of the molecule is Cc1c(N)cnn1-c1cc(F)c(F)c(F)c1. The predicted octanol–water partition coefficient (Wildman–Crippen LogP) is 2.18. The van der Waals surface area contributed by atoms with Crippen molar-refractivity contribution in [3.8, 4) is 5.69 Å². The number of nitrogen functional groups attached to an aromatic ring is 1. The highest BCUT2D eigenvalue weighted by Crippen LogP contribution is 2.19. The summed E-state index contributed by atoms with van der Waals surface area (Å²) in [5.74, 6) is -4.02. The molecular weight excluding hydrogens is 219 g/mol. The smallest absolute Gasteiger partial charge is 0.194 e. The Kier molecular flexibility index (Phi) is 2.34. The number of nitrogens with zero attached hydrogens (tertiary/aromatic N) is 2. The fourth-order valence-corrected chi connectivity index (χ4v) is 1.35. The van der Waals surface area contributed by atoms with Gasteiger partial charge in [-0.3, -0.25) is 0 Å². The molecule has 0 bridgehead atoms. The Morgan fingerprint density at radius 2 is 1.75 bits per heavy atom. The number of rotatable bonds is 1. The molecule has 1 aromatic heterocycles. The summed E-state index contributed by atoms with van der Waals surface area (Å²) in [5, 5.41) is 3.83. The van der Waals surface area contributed by atoms with E-state index in [9.17, 15) is 13.2 Å². The third-order valence-corrected chi connectivity index (χ3v) is 2.26. The van der Waals surface area contributed by atoms with Gasteiger partial charge in [0.25, 0.3) is 0 Å². The molecule has 0 saturated heterocycles. The molecule has 2 aromatic rings. The number of benzene rings is 1. The molecule has 0 spiro atoms. The van der Waals surface area contributed by atoms with Crippen LogP contribution in [0.15, 0.2) is 18.3 Å². The third-order valence-electron chi connectivity index (χ3n) is 2.26. The Labute approximate surface area is 89.3 Å². The van der Waals surface area contributed by atoms with E-state index in [1.54, 1.807) is 6.92 Å². The van der Waals surface area contributed by atoms with Crippen molar-refractivity contribution in [2.24, 2.45) is 0 Å². The van der Waals surface area contributed by atoms with Gasteiger partial charge >= 0.3 is 0 Å². The van der Waals surface area contributed by atoms with Crippen LogP contribution in [-0.4, -0.2) is 9.78 Å². The summed E-state index contributed by atoms with van der Waals surface area (Å²) < 4.78 is 39.9. The molecule has 0 aliphatic heterocycles. The summed E-state index contributed by atoms with van der Waals surface area (Å²) in [6.07, 6.45) is 1.36. The van der Waals surface area contributed by atoms with Gasteiger partial charge in [0.2, 0.25) is 0 Å². The van der Waals surface area contributed by atoms with Crippen LogP contribution in [0.4, 0.5) is 18.9 Å². The Morgan fingerprint density at radius 1 is 1.19 bits per heavy atom. The number of halogens is 3. The first-order valence-corrected chi connectivity index (χ1v) is 4.45. The first kappa shape index (κ1) is 10.5.